The van der Waals surface area contributed by atoms with Gasteiger partial charge in [-0.3, -0.25) is 0 Å². The van der Waals surface area contributed by atoms with Gasteiger partial charge in [0.1, 0.15) is 5.57 Å². The predicted molar refractivity (Wildman–Crippen MR) is 136 cm³/mol. The summed E-state index contributed by atoms with van der Waals surface area (Å²) in [7, 11) is 0. The molecule has 0 N–H and O–H groups in total. The first-order valence-electron chi connectivity index (χ1n) is 11.8. The van der Waals surface area contributed by atoms with Gasteiger partial charge in [0.15, 0.2) is 0 Å². The van der Waals surface area contributed by atoms with Gasteiger partial charge in [-0.2, -0.15) is 0 Å². The molecule has 0 aliphatic carbocycles. The van der Waals surface area contributed by atoms with E-state index in [0.717, 1.165) is 18.8 Å². The molecule has 0 amide bonds. The van der Waals surface area contributed by atoms with Crippen LogP contribution in [-0.4, -0.2) is 18.8 Å². The van der Waals surface area contributed by atoms with Crippen LogP contribution >= 0.6 is 21.8 Å². The Morgan fingerprint density at radius 2 is 1.00 bits per heavy atom. The van der Waals surface area contributed by atoms with Gasteiger partial charge in [0, 0.05) is 6.61 Å². The largest absolute Gasteiger partial charge is 0.377 e. The molecule has 0 bridgehead atoms. The summed E-state index contributed by atoms with van der Waals surface area (Å²) in [4.78, 5) is 0. The highest BCUT2D eigenvalue weighted by Gasteiger charge is 2.14. The Morgan fingerprint density at radius 1 is 0.667 bits per heavy atom. The predicted octanol–water partition coefficient (Wildman–Crippen LogP) is 9.46. The standard InChI is InChI=1S/C24H49IOSi/c1-24(2)23-26-21-19-17-15-13-11-9-7-5-6-8-10-12-14-16-18-20-22-27(3,4)25/h1,5-23H2,2-4H3. The minimum Gasteiger partial charge on any atom is -0.377 e. The highest BCUT2D eigenvalue weighted by Crippen LogP contribution is 2.22. The fourth-order valence-electron chi connectivity index (χ4n) is 3.47. The van der Waals surface area contributed by atoms with Crippen molar-refractivity contribution in [2.75, 3.05) is 13.2 Å². The molecule has 0 aliphatic rings. The minimum atomic E-state index is -0.811. The molecule has 0 radical (unpaired) electrons. The molecule has 0 heterocycles. The van der Waals surface area contributed by atoms with Gasteiger partial charge in [-0.1, -0.05) is 122 Å². The Hall–Kier alpha value is 0.647. The Labute approximate surface area is 185 Å². The molecular weight excluding hydrogens is 459 g/mol. The summed E-state index contributed by atoms with van der Waals surface area (Å²) < 4.78 is 5.53. The molecule has 0 aromatic rings. The van der Waals surface area contributed by atoms with E-state index in [9.17, 15) is 0 Å². The van der Waals surface area contributed by atoms with Crippen molar-refractivity contribution < 1.29 is 4.74 Å². The zero-order chi connectivity index (χ0) is 20.2. The molecule has 0 saturated carbocycles. The van der Waals surface area contributed by atoms with Crippen LogP contribution in [0.4, 0.5) is 0 Å². The van der Waals surface area contributed by atoms with Crippen LogP contribution in [0.3, 0.4) is 0 Å². The van der Waals surface area contributed by atoms with Crippen LogP contribution in [-0.2, 0) is 4.74 Å². The van der Waals surface area contributed by atoms with Gasteiger partial charge in [0.25, 0.3) is 0 Å². The van der Waals surface area contributed by atoms with E-state index in [4.69, 9.17) is 4.74 Å². The number of hydrogen-bond acceptors (Lipinski definition) is 1. The molecule has 27 heavy (non-hydrogen) atoms. The van der Waals surface area contributed by atoms with Gasteiger partial charge in [-0.25, -0.2) is 0 Å². The molecule has 0 saturated heterocycles. The second-order valence-electron chi connectivity index (χ2n) is 9.14. The second-order valence-corrected chi connectivity index (χ2v) is 21.8. The lowest BCUT2D eigenvalue weighted by atomic mass is 10.0. The van der Waals surface area contributed by atoms with Gasteiger partial charge in [-0.15, -0.1) is 21.8 Å². The molecule has 3 heteroatoms. The quantitative estimate of drug-likeness (QED) is 0.0493. The monoisotopic (exact) mass is 508 g/mol. The Kier molecular flexibility index (Phi) is 20.4. The second kappa shape index (κ2) is 19.9. The van der Waals surface area contributed by atoms with Crippen molar-refractivity contribution in [2.45, 2.75) is 129 Å². The van der Waals surface area contributed by atoms with Gasteiger partial charge in [-0.05, 0) is 19.4 Å². The normalized spacial score (nSPS) is 11.9. The fourth-order valence-corrected chi connectivity index (χ4v) is 5.71. The molecule has 0 aromatic heterocycles. The van der Waals surface area contributed by atoms with Crippen molar-refractivity contribution in [3.63, 3.8) is 0 Å². The van der Waals surface area contributed by atoms with Crippen molar-refractivity contribution in [1.29, 1.82) is 0 Å². The van der Waals surface area contributed by atoms with Crippen LogP contribution < -0.4 is 0 Å². The molecule has 0 fully saturated rings. The van der Waals surface area contributed by atoms with Crippen molar-refractivity contribution in [3.8, 4) is 0 Å². The lowest BCUT2D eigenvalue weighted by Crippen LogP contribution is -2.13. The van der Waals surface area contributed by atoms with Gasteiger partial charge in [0.05, 0.1) is 6.61 Å². The van der Waals surface area contributed by atoms with Crippen molar-refractivity contribution >= 4 is 27.4 Å². The van der Waals surface area contributed by atoms with Crippen molar-refractivity contribution in [2.24, 2.45) is 0 Å². The average Bonchev–Trinajstić information content (AvgIpc) is 2.58. The highest BCUT2D eigenvalue weighted by molar-refractivity contribution is 14.1. The van der Waals surface area contributed by atoms with Crippen molar-refractivity contribution in [1.82, 2.24) is 0 Å². The van der Waals surface area contributed by atoms with Crippen LogP contribution in [0.2, 0.25) is 19.1 Å². The van der Waals surface area contributed by atoms with E-state index in [0.29, 0.717) is 0 Å². The smallest absolute Gasteiger partial charge is 0.119 e. The molecule has 1 nitrogen and oxygen atoms in total. The fraction of sp³-hybridized carbons (Fsp3) is 0.917. The van der Waals surface area contributed by atoms with E-state index >= 15 is 0 Å². The minimum absolute atomic E-state index is 0.735. The van der Waals surface area contributed by atoms with Crippen LogP contribution in [0, 0.1) is 0 Å². The highest BCUT2D eigenvalue weighted by atomic mass is 127. The van der Waals surface area contributed by atoms with Crippen LogP contribution in [0.15, 0.2) is 12.2 Å². The number of unbranched alkanes of at least 4 members (excludes halogenated alkanes) is 15. The molecule has 0 aromatic carbocycles. The lowest BCUT2D eigenvalue weighted by Gasteiger charge is -2.12. The van der Waals surface area contributed by atoms with Crippen LogP contribution in [0.1, 0.15) is 110 Å². The van der Waals surface area contributed by atoms with Crippen LogP contribution in [0.5, 0.6) is 0 Å². The summed E-state index contributed by atoms with van der Waals surface area (Å²) in [5.74, 6) is 0. The van der Waals surface area contributed by atoms with Gasteiger partial charge < -0.3 is 4.74 Å². The summed E-state index contributed by atoms with van der Waals surface area (Å²) in [6, 6.07) is 1.51. The maximum absolute atomic E-state index is 5.53. The molecule has 0 unspecified atom stereocenters. The molecule has 0 aliphatic heterocycles. The molecule has 162 valence electrons. The van der Waals surface area contributed by atoms with E-state index in [1.807, 2.05) is 6.92 Å². The number of hydrogen-bond donors (Lipinski definition) is 0. The third kappa shape index (κ3) is 26.6. The van der Waals surface area contributed by atoms with E-state index in [2.05, 4.69) is 41.5 Å². The zero-order valence-electron chi connectivity index (χ0n) is 18.9. The number of halogens is 1. The third-order valence-electron chi connectivity index (χ3n) is 5.16. The molecule has 0 atom stereocenters. The average molecular weight is 509 g/mol. The van der Waals surface area contributed by atoms with Gasteiger partial charge >= 0.3 is 0 Å². The lowest BCUT2D eigenvalue weighted by molar-refractivity contribution is 0.151. The van der Waals surface area contributed by atoms with E-state index in [-0.39, 0.29) is 0 Å². The summed E-state index contributed by atoms with van der Waals surface area (Å²) in [5, 5.41) is 0. The van der Waals surface area contributed by atoms with E-state index in [1.165, 1.54) is 109 Å². The maximum Gasteiger partial charge on any atom is 0.119 e. The molecule has 0 rings (SSSR count). The zero-order valence-corrected chi connectivity index (χ0v) is 22.1. The van der Waals surface area contributed by atoms with E-state index < -0.39 is 5.57 Å². The van der Waals surface area contributed by atoms with Crippen LogP contribution in [0.25, 0.3) is 0 Å². The Balaban J connectivity index is 3.04. The first-order valence-corrected chi connectivity index (χ1v) is 18.1. The summed E-state index contributed by atoms with van der Waals surface area (Å²) in [6.45, 7) is 12.5. The SMILES string of the molecule is C=C(C)COCCCCCCCCCCCCCCCCCC[Si](C)(C)I. The maximum atomic E-state index is 5.53. The molecular formula is C24H49IOSi. The first kappa shape index (κ1) is 27.6. The first-order chi connectivity index (χ1) is 12.9. The van der Waals surface area contributed by atoms with Crippen molar-refractivity contribution in [3.05, 3.63) is 12.2 Å². The number of ether oxygens (including phenoxy) is 1. The number of rotatable bonds is 21. The summed E-state index contributed by atoms with van der Waals surface area (Å²) in [6.07, 6.45) is 22.9. The Bertz CT molecular complexity index is 325. The van der Waals surface area contributed by atoms with E-state index in [1.54, 1.807) is 0 Å². The Morgan fingerprint density at radius 3 is 1.33 bits per heavy atom. The molecule has 0 spiro atoms. The summed E-state index contributed by atoms with van der Waals surface area (Å²) in [5.41, 5.74) is 0.317. The third-order valence-corrected chi connectivity index (χ3v) is 8.32. The summed E-state index contributed by atoms with van der Waals surface area (Å²) >= 11 is 2.72. The van der Waals surface area contributed by atoms with Gasteiger partial charge in [0.2, 0.25) is 0 Å². The topological polar surface area (TPSA) is 9.23 Å².